The van der Waals surface area contributed by atoms with Crippen LogP contribution in [-0.4, -0.2) is 12.0 Å². The van der Waals surface area contributed by atoms with Gasteiger partial charge < -0.3 is 14.5 Å². The van der Waals surface area contributed by atoms with Crippen molar-refractivity contribution in [2.75, 3.05) is 16.8 Å². The average Bonchev–Trinajstić information content (AvgIpc) is 3.33. The van der Waals surface area contributed by atoms with Crippen molar-refractivity contribution in [3.05, 3.63) is 134 Å². The van der Waals surface area contributed by atoms with Crippen LogP contribution in [0.3, 0.4) is 0 Å². The van der Waals surface area contributed by atoms with Gasteiger partial charge in [-0.05, 0) is 31.3 Å². The standard InChI is InChI=1S/C20H12NO.C14H12N2.Ir/c1-3-7-15-13(5-1)9-10-16-17(15)12-22-19-11-14-6-2-4-8-18(14)21-20(16)19;1-15-11-16(12-7-3-2-4-8-12)14-10-6-5-9-13(14)15;/h1-9,11H,12H2;2-7,9-11H,1H3;/q-1;-2;+3. The summed E-state index contributed by atoms with van der Waals surface area (Å²) < 4.78 is 5.98. The van der Waals surface area contributed by atoms with Gasteiger partial charge in [0.05, 0.1) is 12.1 Å². The van der Waals surface area contributed by atoms with Gasteiger partial charge in [0, 0.05) is 22.5 Å². The fourth-order valence-electron chi connectivity index (χ4n) is 5.16. The smallest absolute Gasteiger partial charge is 0.506 e. The van der Waals surface area contributed by atoms with Crippen LogP contribution >= 0.6 is 0 Å². The number of aromatic nitrogens is 1. The molecule has 5 aromatic carbocycles. The van der Waals surface area contributed by atoms with E-state index in [0.29, 0.717) is 6.61 Å². The summed E-state index contributed by atoms with van der Waals surface area (Å²) in [5.41, 5.74) is 7.61. The number of benzene rings is 5. The average molecular weight is 683 g/mol. The van der Waals surface area contributed by atoms with Gasteiger partial charge in [-0.25, -0.2) is 0 Å². The number of ether oxygens (including phenoxy) is 1. The first kappa shape index (κ1) is 25.1. The third-order valence-corrected chi connectivity index (χ3v) is 7.02. The number of hydrogen-bond donors (Lipinski definition) is 0. The van der Waals surface area contributed by atoms with Gasteiger partial charge in [0.2, 0.25) is 0 Å². The Labute approximate surface area is 241 Å². The Morgan fingerprint density at radius 2 is 1.56 bits per heavy atom. The Bertz CT molecular complexity index is 1780. The van der Waals surface area contributed by atoms with Gasteiger partial charge in [0.1, 0.15) is 5.75 Å². The van der Waals surface area contributed by atoms with Crippen molar-refractivity contribution in [2.45, 2.75) is 6.61 Å². The predicted octanol–water partition coefficient (Wildman–Crippen LogP) is 7.94. The molecule has 0 fully saturated rings. The molecule has 0 unspecified atom stereocenters. The Kier molecular flexibility index (Phi) is 6.78. The third-order valence-electron chi connectivity index (χ3n) is 7.02. The zero-order valence-corrected chi connectivity index (χ0v) is 23.7. The number of para-hydroxylation sites is 4. The van der Waals surface area contributed by atoms with Crippen molar-refractivity contribution in [1.82, 2.24) is 4.98 Å². The number of hydrogen-bond acceptors (Lipinski definition) is 4. The van der Waals surface area contributed by atoms with Crippen LogP contribution in [0, 0.1) is 18.8 Å². The summed E-state index contributed by atoms with van der Waals surface area (Å²) >= 11 is 0. The normalized spacial score (nSPS) is 12.9. The molecule has 0 atom stereocenters. The van der Waals surface area contributed by atoms with Crippen molar-refractivity contribution >= 4 is 38.7 Å². The fourth-order valence-corrected chi connectivity index (χ4v) is 5.16. The predicted molar refractivity (Wildman–Crippen MR) is 154 cm³/mol. The second-order valence-corrected chi connectivity index (χ2v) is 9.38. The molecule has 1 aromatic heterocycles. The molecule has 4 nitrogen and oxygen atoms in total. The molecule has 0 spiro atoms. The first-order valence-corrected chi connectivity index (χ1v) is 12.6. The van der Waals surface area contributed by atoms with Gasteiger partial charge in [-0.2, -0.15) is 37.0 Å². The summed E-state index contributed by atoms with van der Waals surface area (Å²) in [4.78, 5) is 9.08. The van der Waals surface area contributed by atoms with Crippen molar-refractivity contribution < 1.29 is 24.8 Å². The maximum absolute atomic E-state index is 5.98. The molecule has 0 aliphatic carbocycles. The summed E-state index contributed by atoms with van der Waals surface area (Å²) in [5, 5.41) is 3.51. The van der Waals surface area contributed by atoms with Crippen LogP contribution in [-0.2, 0) is 26.7 Å². The van der Waals surface area contributed by atoms with E-state index in [1.165, 1.54) is 27.7 Å². The van der Waals surface area contributed by atoms with Gasteiger partial charge >= 0.3 is 20.1 Å². The summed E-state index contributed by atoms with van der Waals surface area (Å²) in [6.07, 6.45) is 0. The van der Waals surface area contributed by atoms with Crippen molar-refractivity contribution in [2.24, 2.45) is 0 Å². The molecule has 0 amide bonds. The molecule has 0 radical (unpaired) electrons. The van der Waals surface area contributed by atoms with Crippen LogP contribution in [0.4, 0.5) is 17.1 Å². The van der Waals surface area contributed by atoms with Gasteiger partial charge in [-0.15, -0.1) is 23.4 Å². The van der Waals surface area contributed by atoms with E-state index >= 15 is 0 Å². The van der Waals surface area contributed by atoms with Crippen LogP contribution in [0.15, 0.2) is 109 Å². The largest absolute Gasteiger partial charge is 3.00 e. The quantitative estimate of drug-likeness (QED) is 0.165. The molecular weight excluding hydrogens is 659 g/mol. The Morgan fingerprint density at radius 3 is 2.41 bits per heavy atom. The van der Waals surface area contributed by atoms with Crippen molar-refractivity contribution in [1.29, 1.82) is 0 Å². The SMILES string of the molecule is CN1[CH-]N(c2[c-]cccc2)c2ccccc21.[Ir+3].[c-]1cc2ccccc2c2c1-c1nc3ccccc3cc1OC2. The maximum Gasteiger partial charge on any atom is 3.00 e. The molecule has 8 rings (SSSR count). The molecule has 3 heterocycles. The van der Waals surface area contributed by atoms with Gasteiger partial charge in [-0.1, -0.05) is 70.9 Å². The van der Waals surface area contributed by atoms with E-state index in [9.17, 15) is 0 Å². The molecule has 5 heteroatoms. The fraction of sp³-hybridized carbons (Fsp3) is 0.0588. The monoisotopic (exact) mass is 683 g/mol. The molecule has 6 aromatic rings. The van der Waals surface area contributed by atoms with E-state index < -0.39 is 0 Å². The Hall–Kier alpha value is -4.18. The molecule has 2 aliphatic heterocycles. The summed E-state index contributed by atoms with van der Waals surface area (Å²) in [6.45, 7) is 2.65. The molecule has 2 aliphatic rings. The minimum Gasteiger partial charge on any atom is -0.506 e. The number of rotatable bonds is 1. The first-order valence-electron chi connectivity index (χ1n) is 12.6. The van der Waals surface area contributed by atoms with Gasteiger partial charge in [-0.3, -0.25) is 4.98 Å². The molecule has 190 valence electrons. The molecule has 0 bridgehead atoms. The first-order chi connectivity index (χ1) is 18.8. The second-order valence-electron chi connectivity index (χ2n) is 9.38. The minimum atomic E-state index is 0. The summed E-state index contributed by atoms with van der Waals surface area (Å²) in [6, 6.07) is 43.6. The minimum absolute atomic E-state index is 0. The maximum atomic E-state index is 5.98. The van der Waals surface area contributed by atoms with Gasteiger partial charge in [0.15, 0.2) is 0 Å². The summed E-state index contributed by atoms with van der Waals surface area (Å²) in [5.74, 6) is 0.845. The molecule has 39 heavy (non-hydrogen) atoms. The van der Waals surface area contributed by atoms with Crippen LogP contribution < -0.4 is 14.5 Å². The molecular formula is C34H24IrN3O. The topological polar surface area (TPSA) is 28.6 Å². The van der Waals surface area contributed by atoms with Crippen LogP contribution in [0.5, 0.6) is 5.75 Å². The molecule has 0 saturated heterocycles. The number of fused-ring (bicyclic) bond motifs is 7. The van der Waals surface area contributed by atoms with E-state index in [2.05, 4.69) is 96.3 Å². The van der Waals surface area contributed by atoms with E-state index in [-0.39, 0.29) is 20.1 Å². The number of nitrogens with zero attached hydrogens (tertiary/aromatic N) is 3. The Balaban J connectivity index is 0.000000145. The van der Waals surface area contributed by atoms with E-state index in [4.69, 9.17) is 9.72 Å². The van der Waals surface area contributed by atoms with E-state index in [1.54, 1.807) is 0 Å². The number of pyridine rings is 1. The number of anilines is 3. The zero-order valence-electron chi connectivity index (χ0n) is 21.3. The summed E-state index contributed by atoms with van der Waals surface area (Å²) in [7, 11) is 2.06. The Morgan fingerprint density at radius 1 is 0.821 bits per heavy atom. The molecule has 0 saturated carbocycles. The molecule has 0 N–H and O–H groups in total. The van der Waals surface area contributed by atoms with E-state index in [0.717, 1.165) is 33.6 Å². The second kappa shape index (κ2) is 10.5. The van der Waals surface area contributed by atoms with Gasteiger partial charge in [0.25, 0.3) is 0 Å². The third kappa shape index (κ3) is 4.54. The van der Waals surface area contributed by atoms with Crippen LogP contribution in [0.1, 0.15) is 5.56 Å². The van der Waals surface area contributed by atoms with Crippen LogP contribution in [0.25, 0.3) is 32.9 Å². The van der Waals surface area contributed by atoms with Crippen LogP contribution in [0.2, 0.25) is 0 Å². The van der Waals surface area contributed by atoms with Crippen molar-refractivity contribution in [3.8, 4) is 17.0 Å². The van der Waals surface area contributed by atoms with Crippen molar-refractivity contribution in [3.63, 3.8) is 0 Å². The zero-order chi connectivity index (χ0) is 25.5. The van der Waals surface area contributed by atoms with E-state index in [1.807, 2.05) is 48.5 Å².